The van der Waals surface area contributed by atoms with Crippen molar-refractivity contribution in [3.63, 3.8) is 0 Å². The van der Waals surface area contributed by atoms with Crippen molar-refractivity contribution >= 4 is 12.1 Å². The van der Waals surface area contributed by atoms with Crippen LogP contribution in [0.2, 0.25) is 0 Å². The molecule has 0 aromatic heterocycles. The van der Waals surface area contributed by atoms with Crippen molar-refractivity contribution < 1.29 is 28.5 Å². The van der Waals surface area contributed by atoms with E-state index in [1.807, 2.05) is 66.7 Å². The molecule has 0 spiro atoms. The van der Waals surface area contributed by atoms with E-state index in [2.05, 4.69) is 5.32 Å². The molecule has 0 saturated heterocycles. The summed E-state index contributed by atoms with van der Waals surface area (Å²) >= 11 is 0. The molecular weight excluding hydrogens is 434 g/mol. The first kappa shape index (κ1) is 24.6. The molecule has 0 radical (unpaired) electrons. The van der Waals surface area contributed by atoms with Crippen LogP contribution < -0.4 is 14.8 Å². The van der Waals surface area contributed by atoms with E-state index in [1.165, 1.54) is 7.11 Å². The lowest BCUT2D eigenvalue weighted by Crippen LogP contribution is -2.45. The maximum absolute atomic E-state index is 12.1. The number of alkyl carbamates (subject to hydrolysis) is 1. The van der Waals surface area contributed by atoms with E-state index in [1.54, 1.807) is 32.9 Å². The summed E-state index contributed by atoms with van der Waals surface area (Å²) in [5.41, 5.74) is 0.153. The summed E-state index contributed by atoms with van der Waals surface area (Å²) in [7, 11) is 1.28. The highest BCUT2D eigenvalue weighted by molar-refractivity contribution is 5.81. The smallest absolute Gasteiger partial charge is 0.408 e. The van der Waals surface area contributed by atoms with Crippen LogP contribution in [0.15, 0.2) is 78.9 Å². The van der Waals surface area contributed by atoms with Gasteiger partial charge in [-0.05, 0) is 74.9 Å². The number of esters is 1. The molecule has 1 amide bonds. The third-order valence-electron chi connectivity index (χ3n) is 4.58. The van der Waals surface area contributed by atoms with Crippen LogP contribution >= 0.6 is 0 Å². The van der Waals surface area contributed by atoms with Gasteiger partial charge in [-0.2, -0.15) is 0 Å². The monoisotopic (exact) mass is 463 g/mol. The molecule has 1 atom stereocenters. The van der Waals surface area contributed by atoms with Crippen LogP contribution in [0.1, 0.15) is 26.3 Å². The predicted molar refractivity (Wildman–Crippen MR) is 128 cm³/mol. The van der Waals surface area contributed by atoms with E-state index in [4.69, 9.17) is 18.9 Å². The SMILES string of the molecule is COC(=O)C(Cc1ccc(Oc2ccc(Oc3ccccc3)cc2)cc1)NC(=O)OC(C)(C)C. The zero-order valence-corrected chi connectivity index (χ0v) is 19.7. The van der Waals surface area contributed by atoms with E-state index < -0.39 is 23.7 Å². The molecule has 1 unspecified atom stereocenters. The number of para-hydroxylation sites is 1. The number of amides is 1. The minimum Gasteiger partial charge on any atom is -0.467 e. The summed E-state index contributed by atoms with van der Waals surface area (Å²) in [5, 5.41) is 2.57. The first-order chi connectivity index (χ1) is 16.2. The van der Waals surface area contributed by atoms with Crippen molar-refractivity contribution in [3.8, 4) is 23.0 Å². The van der Waals surface area contributed by atoms with Gasteiger partial charge in [0.25, 0.3) is 0 Å². The fourth-order valence-corrected chi connectivity index (χ4v) is 3.05. The Labute approximate surface area is 199 Å². The van der Waals surface area contributed by atoms with Gasteiger partial charge >= 0.3 is 12.1 Å². The van der Waals surface area contributed by atoms with Crippen molar-refractivity contribution in [2.45, 2.75) is 38.8 Å². The number of nitrogens with one attached hydrogen (secondary N) is 1. The molecule has 0 bridgehead atoms. The fourth-order valence-electron chi connectivity index (χ4n) is 3.05. The van der Waals surface area contributed by atoms with Gasteiger partial charge < -0.3 is 24.3 Å². The summed E-state index contributed by atoms with van der Waals surface area (Å²) in [4.78, 5) is 24.2. The van der Waals surface area contributed by atoms with Crippen molar-refractivity contribution in [2.24, 2.45) is 0 Å². The van der Waals surface area contributed by atoms with Crippen LogP contribution in [0.25, 0.3) is 0 Å². The van der Waals surface area contributed by atoms with E-state index in [-0.39, 0.29) is 6.42 Å². The van der Waals surface area contributed by atoms with Crippen molar-refractivity contribution in [1.82, 2.24) is 5.32 Å². The summed E-state index contributed by atoms with van der Waals surface area (Å²) in [5.74, 6) is 2.21. The first-order valence-corrected chi connectivity index (χ1v) is 10.9. The van der Waals surface area contributed by atoms with Gasteiger partial charge in [0, 0.05) is 6.42 Å². The summed E-state index contributed by atoms with van der Waals surface area (Å²) in [6.45, 7) is 5.26. The number of carbonyl (C=O) groups excluding carboxylic acids is 2. The lowest BCUT2D eigenvalue weighted by molar-refractivity contribution is -0.143. The van der Waals surface area contributed by atoms with Crippen LogP contribution in [0.3, 0.4) is 0 Å². The van der Waals surface area contributed by atoms with Crippen LogP contribution in [0.5, 0.6) is 23.0 Å². The molecule has 0 aliphatic rings. The Bertz CT molecular complexity index is 1070. The average Bonchev–Trinajstić information content (AvgIpc) is 2.80. The summed E-state index contributed by atoms with van der Waals surface area (Å²) in [6, 6.07) is 23.2. The summed E-state index contributed by atoms with van der Waals surface area (Å²) < 4.78 is 21.7. The van der Waals surface area contributed by atoms with Gasteiger partial charge in [-0.15, -0.1) is 0 Å². The van der Waals surface area contributed by atoms with Gasteiger partial charge in [-0.1, -0.05) is 30.3 Å². The summed E-state index contributed by atoms with van der Waals surface area (Å²) in [6.07, 6.45) is -0.430. The molecule has 0 saturated carbocycles. The van der Waals surface area contributed by atoms with E-state index >= 15 is 0 Å². The molecule has 178 valence electrons. The molecule has 0 aliphatic carbocycles. The molecule has 3 aromatic carbocycles. The number of ether oxygens (including phenoxy) is 4. The van der Waals surface area contributed by atoms with Crippen LogP contribution in [0.4, 0.5) is 4.79 Å². The number of methoxy groups -OCH3 is 1. The second kappa shape index (κ2) is 11.2. The van der Waals surface area contributed by atoms with Crippen molar-refractivity contribution in [3.05, 3.63) is 84.4 Å². The predicted octanol–water partition coefficient (Wildman–Crippen LogP) is 5.88. The Hall–Kier alpha value is -4.00. The van der Waals surface area contributed by atoms with Crippen LogP contribution in [-0.4, -0.2) is 30.8 Å². The third-order valence-corrected chi connectivity index (χ3v) is 4.58. The topological polar surface area (TPSA) is 83.1 Å². The number of hydrogen-bond acceptors (Lipinski definition) is 6. The fraction of sp³-hybridized carbons (Fsp3) is 0.259. The van der Waals surface area contributed by atoms with Crippen LogP contribution in [0, 0.1) is 0 Å². The highest BCUT2D eigenvalue weighted by Crippen LogP contribution is 2.27. The Morgan fingerprint density at radius 2 is 1.24 bits per heavy atom. The minimum atomic E-state index is -0.872. The Morgan fingerprint density at radius 3 is 1.71 bits per heavy atom. The van der Waals surface area contributed by atoms with E-state index in [0.717, 1.165) is 11.3 Å². The lowest BCUT2D eigenvalue weighted by Gasteiger charge is -2.22. The first-order valence-electron chi connectivity index (χ1n) is 10.9. The number of hydrogen-bond donors (Lipinski definition) is 1. The average molecular weight is 464 g/mol. The van der Waals surface area contributed by atoms with Gasteiger partial charge in [0.1, 0.15) is 34.6 Å². The minimum absolute atomic E-state index is 0.248. The van der Waals surface area contributed by atoms with Crippen LogP contribution in [-0.2, 0) is 20.7 Å². The Kier molecular flexibility index (Phi) is 8.14. The molecule has 34 heavy (non-hydrogen) atoms. The van der Waals surface area contributed by atoms with Gasteiger partial charge in [0.05, 0.1) is 7.11 Å². The van der Waals surface area contributed by atoms with E-state index in [9.17, 15) is 9.59 Å². The zero-order valence-electron chi connectivity index (χ0n) is 19.7. The molecule has 7 heteroatoms. The number of carbonyl (C=O) groups is 2. The molecule has 3 aromatic rings. The number of rotatable bonds is 8. The Balaban J connectivity index is 1.58. The Morgan fingerprint density at radius 1 is 0.765 bits per heavy atom. The quantitative estimate of drug-likeness (QED) is 0.420. The molecule has 3 rings (SSSR count). The molecule has 0 heterocycles. The van der Waals surface area contributed by atoms with Crippen molar-refractivity contribution in [2.75, 3.05) is 7.11 Å². The number of benzene rings is 3. The second-order valence-electron chi connectivity index (χ2n) is 8.56. The molecule has 1 N–H and O–H groups in total. The van der Waals surface area contributed by atoms with Gasteiger partial charge in [-0.3, -0.25) is 0 Å². The van der Waals surface area contributed by atoms with Gasteiger partial charge in [0.15, 0.2) is 0 Å². The molecular formula is C27H29NO6. The zero-order chi connectivity index (χ0) is 24.6. The maximum Gasteiger partial charge on any atom is 0.408 e. The lowest BCUT2D eigenvalue weighted by atomic mass is 10.1. The van der Waals surface area contributed by atoms with Crippen molar-refractivity contribution in [1.29, 1.82) is 0 Å². The molecule has 0 aliphatic heterocycles. The standard InChI is InChI=1S/C27H29NO6/c1-27(2,3)34-26(30)28-24(25(29)31-4)18-19-10-12-21(13-11-19)33-23-16-14-22(15-17-23)32-20-8-6-5-7-9-20/h5-17,24H,18H2,1-4H3,(H,28,30). The highest BCUT2D eigenvalue weighted by Gasteiger charge is 2.25. The van der Waals surface area contributed by atoms with Gasteiger partial charge in [0.2, 0.25) is 0 Å². The molecule has 7 nitrogen and oxygen atoms in total. The maximum atomic E-state index is 12.1. The second-order valence-corrected chi connectivity index (χ2v) is 8.56. The third kappa shape index (κ3) is 7.85. The largest absolute Gasteiger partial charge is 0.467 e. The van der Waals surface area contributed by atoms with Gasteiger partial charge in [-0.25, -0.2) is 9.59 Å². The highest BCUT2D eigenvalue weighted by atomic mass is 16.6. The molecule has 0 fully saturated rings. The van der Waals surface area contributed by atoms with E-state index in [0.29, 0.717) is 17.2 Å². The normalized spacial score (nSPS) is 11.8.